The summed E-state index contributed by atoms with van der Waals surface area (Å²) in [6, 6.07) is 4.41. The molecule has 1 N–H and O–H groups in total. The Morgan fingerprint density at radius 1 is 1.22 bits per heavy atom. The number of carbonyl (C=O) groups is 2. The van der Waals surface area contributed by atoms with Crippen LogP contribution in [0.15, 0.2) is 18.2 Å². The number of hydrogen-bond donors (Lipinski definition) is 1. The van der Waals surface area contributed by atoms with Crippen LogP contribution in [0.1, 0.15) is 33.6 Å². The number of ether oxygens (including phenoxy) is 1. The number of nitrogens with zero attached hydrogens (tertiary/aromatic N) is 1. The predicted molar refractivity (Wildman–Crippen MR) is 65.1 cm³/mol. The SMILES string of the molecule is CN(C)C(=O)c1cc(OC2CC2)cc(C(=O)O)c1. The summed E-state index contributed by atoms with van der Waals surface area (Å²) in [5, 5.41) is 9.02. The molecule has 18 heavy (non-hydrogen) atoms. The Morgan fingerprint density at radius 3 is 2.33 bits per heavy atom. The number of carbonyl (C=O) groups excluding carboxylic acids is 1. The molecule has 1 saturated carbocycles. The lowest BCUT2D eigenvalue weighted by Gasteiger charge is -2.12. The zero-order valence-electron chi connectivity index (χ0n) is 10.3. The molecule has 1 aliphatic rings. The molecule has 1 amide bonds. The molecule has 1 fully saturated rings. The number of benzene rings is 1. The van der Waals surface area contributed by atoms with Gasteiger partial charge in [0.1, 0.15) is 5.75 Å². The second-order valence-electron chi connectivity index (χ2n) is 4.57. The van der Waals surface area contributed by atoms with Crippen molar-refractivity contribution in [3.63, 3.8) is 0 Å². The van der Waals surface area contributed by atoms with Crippen molar-refractivity contribution in [1.82, 2.24) is 4.90 Å². The molecular weight excluding hydrogens is 234 g/mol. The lowest BCUT2D eigenvalue weighted by Crippen LogP contribution is -2.22. The third kappa shape index (κ3) is 2.80. The van der Waals surface area contributed by atoms with Crippen molar-refractivity contribution in [2.75, 3.05) is 14.1 Å². The molecule has 1 aromatic carbocycles. The maximum Gasteiger partial charge on any atom is 0.335 e. The van der Waals surface area contributed by atoms with Gasteiger partial charge < -0.3 is 14.7 Å². The van der Waals surface area contributed by atoms with Crippen molar-refractivity contribution in [1.29, 1.82) is 0 Å². The van der Waals surface area contributed by atoms with Gasteiger partial charge in [0.25, 0.3) is 5.91 Å². The molecule has 5 heteroatoms. The van der Waals surface area contributed by atoms with Crippen molar-refractivity contribution in [2.45, 2.75) is 18.9 Å². The van der Waals surface area contributed by atoms with Crippen LogP contribution in [0.3, 0.4) is 0 Å². The highest BCUT2D eigenvalue weighted by Gasteiger charge is 2.24. The van der Waals surface area contributed by atoms with Gasteiger partial charge in [0.2, 0.25) is 0 Å². The zero-order valence-corrected chi connectivity index (χ0v) is 10.3. The van der Waals surface area contributed by atoms with E-state index in [-0.39, 0.29) is 17.6 Å². The second-order valence-corrected chi connectivity index (χ2v) is 4.57. The highest BCUT2D eigenvalue weighted by molar-refractivity contribution is 5.97. The molecule has 0 saturated heterocycles. The minimum absolute atomic E-state index is 0.0679. The van der Waals surface area contributed by atoms with Crippen LogP contribution in [0.25, 0.3) is 0 Å². The van der Waals surface area contributed by atoms with Gasteiger partial charge in [0.05, 0.1) is 11.7 Å². The smallest absolute Gasteiger partial charge is 0.335 e. The van der Waals surface area contributed by atoms with Crippen molar-refractivity contribution in [2.24, 2.45) is 0 Å². The summed E-state index contributed by atoms with van der Waals surface area (Å²) in [6.07, 6.45) is 2.12. The topological polar surface area (TPSA) is 66.8 Å². The molecular formula is C13H15NO4. The van der Waals surface area contributed by atoms with Crippen LogP contribution in [-0.4, -0.2) is 42.1 Å². The van der Waals surface area contributed by atoms with E-state index in [0.29, 0.717) is 11.3 Å². The highest BCUT2D eigenvalue weighted by atomic mass is 16.5. The van der Waals surface area contributed by atoms with Crippen molar-refractivity contribution < 1.29 is 19.4 Å². The van der Waals surface area contributed by atoms with Gasteiger partial charge in [-0.1, -0.05) is 0 Å². The van der Waals surface area contributed by atoms with E-state index in [4.69, 9.17) is 9.84 Å². The largest absolute Gasteiger partial charge is 0.490 e. The molecule has 5 nitrogen and oxygen atoms in total. The van der Waals surface area contributed by atoms with Crippen LogP contribution in [0.2, 0.25) is 0 Å². The summed E-state index contributed by atoms with van der Waals surface area (Å²) in [5.41, 5.74) is 0.397. The highest BCUT2D eigenvalue weighted by Crippen LogP contribution is 2.28. The quantitative estimate of drug-likeness (QED) is 0.880. The molecule has 0 aliphatic heterocycles. The average Bonchev–Trinajstić information content (AvgIpc) is 3.11. The van der Waals surface area contributed by atoms with Crippen LogP contribution < -0.4 is 4.74 Å². The molecule has 0 spiro atoms. The van der Waals surface area contributed by atoms with E-state index in [2.05, 4.69) is 0 Å². The minimum Gasteiger partial charge on any atom is -0.490 e. The first-order chi connectivity index (χ1) is 8.47. The van der Waals surface area contributed by atoms with Gasteiger partial charge in [-0.05, 0) is 31.0 Å². The Morgan fingerprint density at radius 2 is 1.83 bits per heavy atom. The average molecular weight is 249 g/mol. The van der Waals surface area contributed by atoms with Crippen molar-refractivity contribution in [3.05, 3.63) is 29.3 Å². The molecule has 0 atom stereocenters. The molecule has 0 bridgehead atoms. The van der Waals surface area contributed by atoms with E-state index >= 15 is 0 Å². The Bertz CT molecular complexity index is 492. The molecule has 96 valence electrons. The molecule has 0 aromatic heterocycles. The summed E-state index contributed by atoms with van der Waals surface area (Å²) in [5.74, 6) is -0.856. The van der Waals surface area contributed by atoms with Crippen LogP contribution in [0.4, 0.5) is 0 Å². The Hall–Kier alpha value is -2.04. The fourth-order valence-corrected chi connectivity index (χ4v) is 1.55. The first-order valence-electron chi connectivity index (χ1n) is 5.74. The maximum absolute atomic E-state index is 11.9. The lowest BCUT2D eigenvalue weighted by atomic mass is 10.1. The van der Waals surface area contributed by atoms with Crippen LogP contribution in [0.5, 0.6) is 5.75 Å². The number of amides is 1. The predicted octanol–water partition coefficient (Wildman–Crippen LogP) is 1.63. The third-order valence-corrected chi connectivity index (χ3v) is 2.63. The fourth-order valence-electron chi connectivity index (χ4n) is 1.55. The number of carboxylic acid groups (broad SMARTS) is 1. The molecule has 1 aliphatic carbocycles. The van der Waals surface area contributed by atoms with Crippen LogP contribution >= 0.6 is 0 Å². The van der Waals surface area contributed by atoms with E-state index in [9.17, 15) is 9.59 Å². The number of rotatable bonds is 4. The monoisotopic (exact) mass is 249 g/mol. The van der Waals surface area contributed by atoms with E-state index in [1.54, 1.807) is 20.2 Å². The van der Waals surface area contributed by atoms with Crippen molar-refractivity contribution in [3.8, 4) is 5.75 Å². The summed E-state index contributed by atoms with van der Waals surface area (Å²) in [7, 11) is 3.24. The molecule has 1 aromatic rings. The number of hydrogen-bond acceptors (Lipinski definition) is 3. The first kappa shape index (κ1) is 12.4. The van der Waals surface area contributed by atoms with Gasteiger partial charge in [-0.15, -0.1) is 0 Å². The molecule has 0 unspecified atom stereocenters. The summed E-state index contributed by atoms with van der Waals surface area (Å²) >= 11 is 0. The van der Waals surface area contributed by atoms with Gasteiger partial charge in [0, 0.05) is 19.7 Å². The molecule has 2 rings (SSSR count). The van der Waals surface area contributed by atoms with Gasteiger partial charge in [-0.25, -0.2) is 4.79 Å². The third-order valence-electron chi connectivity index (χ3n) is 2.63. The summed E-state index contributed by atoms with van der Waals surface area (Å²) < 4.78 is 5.55. The van der Waals surface area contributed by atoms with Gasteiger partial charge >= 0.3 is 5.97 Å². The van der Waals surface area contributed by atoms with Gasteiger partial charge in [0.15, 0.2) is 0 Å². The van der Waals surface area contributed by atoms with E-state index in [1.165, 1.54) is 17.0 Å². The standard InChI is InChI=1S/C13H15NO4/c1-14(2)12(15)8-5-9(13(16)17)7-11(6-8)18-10-3-4-10/h5-7,10H,3-4H2,1-2H3,(H,16,17). The van der Waals surface area contributed by atoms with E-state index in [1.807, 2.05) is 0 Å². The number of aromatic carboxylic acids is 1. The van der Waals surface area contributed by atoms with E-state index in [0.717, 1.165) is 12.8 Å². The zero-order chi connectivity index (χ0) is 13.3. The molecule has 0 heterocycles. The Labute approximate surface area is 105 Å². The van der Waals surface area contributed by atoms with E-state index < -0.39 is 5.97 Å². The summed E-state index contributed by atoms with van der Waals surface area (Å²) in [4.78, 5) is 24.3. The van der Waals surface area contributed by atoms with Gasteiger partial charge in [-0.3, -0.25) is 4.79 Å². The number of carboxylic acids is 1. The fraction of sp³-hybridized carbons (Fsp3) is 0.385. The maximum atomic E-state index is 11.9. The Kier molecular flexibility index (Phi) is 3.23. The van der Waals surface area contributed by atoms with Crippen LogP contribution in [0, 0.1) is 0 Å². The summed E-state index contributed by atoms with van der Waals surface area (Å²) in [6.45, 7) is 0. The first-order valence-corrected chi connectivity index (χ1v) is 5.74. The Balaban J connectivity index is 2.35. The normalized spacial score (nSPS) is 14.1. The van der Waals surface area contributed by atoms with Gasteiger partial charge in [-0.2, -0.15) is 0 Å². The van der Waals surface area contributed by atoms with Crippen LogP contribution in [-0.2, 0) is 0 Å². The minimum atomic E-state index is -1.07. The molecule has 0 radical (unpaired) electrons. The second kappa shape index (κ2) is 4.68. The lowest BCUT2D eigenvalue weighted by molar-refractivity contribution is 0.0696. The van der Waals surface area contributed by atoms with Crippen molar-refractivity contribution >= 4 is 11.9 Å².